The minimum atomic E-state index is -0.244. The number of fused-ring (bicyclic) bond motifs is 10. The highest BCUT2D eigenvalue weighted by molar-refractivity contribution is 6.98. The van der Waals surface area contributed by atoms with Gasteiger partial charge in [-0.3, -0.25) is 0 Å². The molecule has 0 unspecified atom stereocenters. The van der Waals surface area contributed by atoms with Gasteiger partial charge in [0.15, 0.2) is 0 Å². The quantitative estimate of drug-likeness (QED) is 0.146. The molecule has 0 aliphatic heterocycles. The maximum atomic E-state index is 2.65. The van der Waals surface area contributed by atoms with Crippen LogP contribution in [0.3, 0.4) is 0 Å². The largest absolute Gasteiger partial charge is 0.243 e. The van der Waals surface area contributed by atoms with Gasteiger partial charge in [0.1, 0.15) is 0 Å². The zero-order valence-electron chi connectivity index (χ0n) is 44.7. The molecule has 0 heterocycles. The summed E-state index contributed by atoms with van der Waals surface area (Å²) in [5.74, 6) is 0. The van der Waals surface area contributed by atoms with E-state index in [2.05, 4.69) is 232 Å². The molecule has 0 fully saturated rings. The van der Waals surface area contributed by atoms with Gasteiger partial charge in [0, 0.05) is 10.8 Å². The van der Waals surface area contributed by atoms with Gasteiger partial charge in [-0.25, -0.2) is 0 Å². The lowest BCUT2D eigenvalue weighted by molar-refractivity contribution is 0.653. The van der Waals surface area contributed by atoms with Crippen molar-refractivity contribution in [3.63, 3.8) is 0 Å². The van der Waals surface area contributed by atoms with Crippen LogP contribution < -0.4 is 32.8 Å². The van der Waals surface area contributed by atoms with Gasteiger partial charge in [0.25, 0.3) is 0 Å². The molecule has 70 heavy (non-hydrogen) atoms. The first-order valence-corrected chi connectivity index (χ1v) is 25.8. The molecule has 9 aromatic carbocycles. The summed E-state index contributed by atoms with van der Waals surface area (Å²) < 4.78 is 0. The van der Waals surface area contributed by atoms with Gasteiger partial charge in [-0.1, -0.05) is 236 Å². The molecule has 0 nitrogen and oxygen atoms in total. The molecular weight excluding hydrogens is 838 g/mol. The second-order valence-corrected chi connectivity index (χ2v) is 23.2. The summed E-state index contributed by atoms with van der Waals surface area (Å²) in [5, 5.41) is 5.41. The van der Waals surface area contributed by atoms with E-state index in [9.17, 15) is 0 Å². The van der Waals surface area contributed by atoms with Crippen molar-refractivity contribution >= 4 is 67.7 Å². The van der Waals surface area contributed by atoms with Crippen LogP contribution in [0.25, 0.3) is 43.8 Å². The van der Waals surface area contributed by atoms with Gasteiger partial charge < -0.3 is 0 Å². The molecule has 2 aliphatic carbocycles. The van der Waals surface area contributed by atoms with Crippen LogP contribution in [-0.4, -0.2) is 13.4 Å². The van der Waals surface area contributed by atoms with E-state index in [1.54, 1.807) is 0 Å². The summed E-state index contributed by atoms with van der Waals surface area (Å²) in [4.78, 5) is 0. The second kappa shape index (κ2) is 16.1. The Morgan fingerprint density at radius 1 is 0.286 bits per heavy atom. The van der Waals surface area contributed by atoms with Crippen LogP contribution in [-0.2, 0) is 10.8 Å². The molecule has 0 bridgehead atoms. The zero-order chi connectivity index (χ0) is 49.6. The smallest absolute Gasteiger partial charge is 0.0629 e. The Kier molecular flexibility index (Phi) is 10.6. The van der Waals surface area contributed by atoms with E-state index in [1.807, 2.05) is 0 Å². The molecule has 0 N–H and O–H groups in total. The van der Waals surface area contributed by atoms with Crippen molar-refractivity contribution in [1.82, 2.24) is 0 Å². The highest BCUT2D eigenvalue weighted by atomic mass is 14.5. The molecule has 9 aromatic rings. The molecule has 0 saturated heterocycles. The molecule has 2 aliphatic rings. The molecule has 0 aromatic heterocycles. The van der Waals surface area contributed by atoms with Crippen molar-refractivity contribution in [1.29, 1.82) is 0 Å². The fourth-order valence-electron chi connectivity index (χ4n) is 14.7. The highest BCUT2D eigenvalue weighted by Crippen LogP contribution is 2.58. The molecule has 0 atom stereocenters. The van der Waals surface area contributed by atoms with Gasteiger partial charge in [0.05, 0.1) is 0 Å². The predicted molar refractivity (Wildman–Crippen MR) is 309 cm³/mol. The van der Waals surface area contributed by atoms with Crippen LogP contribution in [0.15, 0.2) is 121 Å². The molecular formula is C68H68B2. The molecule has 0 amide bonds. The van der Waals surface area contributed by atoms with E-state index >= 15 is 0 Å². The molecule has 0 saturated carbocycles. The Hall–Kier alpha value is -6.37. The summed E-state index contributed by atoms with van der Waals surface area (Å²) in [7, 11) is 0. The minimum absolute atomic E-state index is 0.0797. The summed E-state index contributed by atoms with van der Waals surface area (Å²) in [6, 6.07) is 48.4. The van der Waals surface area contributed by atoms with Crippen LogP contribution >= 0.6 is 0 Å². The third-order valence-corrected chi connectivity index (χ3v) is 17.3. The average molecular weight is 907 g/mol. The third kappa shape index (κ3) is 6.72. The second-order valence-electron chi connectivity index (χ2n) is 23.2. The number of hydrogen-bond donors (Lipinski definition) is 0. The first kappa shape index (κ1) is 46.0. The topological polar surface area (TPSA) is 0 Å². The Balaban J connectivity index is 1.17. The molecule has 0 spiro atoms. The Morgan fingerprint density at radius 2 is 0.529 bits per heavy atom. The fraction of sp³-hybridized carbons (Fsp3) is 0.265. The lowest BCUT2D eigenvalue weighted by Crippen LogP contribution is -2.56. The van der Waals surface area contributed by atoms with Crippen molar-refractivity contribution < 1.29 is 0 Å². The fourth-order valence-corrected chi connectivity index (χ4v) is 14.7. The standard InChI is InChI=1S/C68H68B2/c1-37-25-41(5)63(42(6)26-37)69(64-43(7)27-38(2)28-44(64)8)59-35-57-61(51-23-19-17-21-49(51)59)53-33-56-54(34-55(53)67(57,13)14)62-52-24-20-18-22-50(52)60(36-58(62)68(56,15)16)70(65-45(9)29-39(3)30-46(65)10)66-47(11)31-40(4)32-48(66)12/h17-36H,1-16H3. The lowest BCUT2D eigenvalue weighted by Gasteiger charge is -2.28. The van der Waals surface area contributed by atoms with Crippen molar-refractivity contribution in [2.75, 3.05) is 0 Å². The first-order chi connectivity index (χ1) is 33.2. The lowest BCUT2D eigenvalue weighted by atomic mass is 9.33. The van der Waals surface area contributed by atoms with Gasteiger partial charge in [-0.05, 0) is 161 Å². The number of benzene rings is 9. The number of rotatable bonds is 6. The Bertz CT molecular complexity index is 3290. The Labute approximate surface area is 419 Å². The summed E-state index contributed by atoms with van der Waals surface area (Å²) in [5.41, 5.74) is 35.6. The SMILES string of the molecule is Cc1cc(C)c(B(c2c(C)cc(C)cc2C)c2cc3c(c4ccccc24)-c2cc4c(cc2C3(C)C)-c2c(cc(B(c3c(C)cc(C)cc3C)c3c(C)cc(C)cc3C)c3ccccc23)C4(C)C)c(C)c1. The van der Waals surface area contributed by atoms with E-state index < -0.39 is 0 Å². The van der Waals surface area contributed by atoms with Crippen molar-refractivity contribution in [2.24, 2.45) is 0 Å². The van der Waals surface area contributed by atoms with Gasteiger partial charge in [0.2, 0.25) is 13.4 Å². The minimum Gasteiger partial charge on any atom is -0.0629 e. The summed E-state index contributed by atoms with van der Waals surface area (Å²) in [6.07, 6.45) is 0. The average Bonchev–Trinajstić information content (AvgIpc) is 3.64. The maximum Gasteiger partial charge on any atom is 0.243 e. The van der Waals surface area contributed by atoms with Crippen LogP contribution in [0.1, 0.15) is 117 Å². The molecule has 346 valence electrons. The van der Waals surface area contributed by atoms with E-state index in [1.165, 1.54) is 166 Å². The normalized spacial score (nSPS) is 13.9. The van der Waals surface area contributed by atoms with E-state index in [0.29, 0.717) is 0 Å². The van der Waals surface area contributed by atoms with Crippen LogP contribution in [0.4, 0.5) is 0 Å². The van der Waals surface area contributed by atoms with Crippen LogP contribution in [0.2, 0.25) is 0 Å². The van der Waals surface area contributed by atoms with Gasteiger partial charge >= 0.3 is 0 Å². The van der Waals surface area contributed by atoms with Gasteiger partial charge in [-0.15, -0.1) is 0 Å². The predicted octanol–water partition coefficient (Wildman–Crippen LogP) is 13.3. The van der Waals surface area contributed by atoms with Crippen LogP contribution in [0.5, 0.6) is 0 Å². The maximum absolute atomic E-state index is 2.65. The summed E-state index contributed by atoms with van der Waals surface area (Å²) in [6.45, 7) is 37.7. The molecule has 2 heteroatoms. The monoisotopic (exact) mass is 907 g/mol. The zero-order valence-corrected chi connectivity index (χ0v) is 44.7. The van der Waals surface area contributed by atoms with E-state index in [-0.39, 0.29) is 24.3 Å². The van der Waals surface area contributed by atoms with E-state index in [4.69, 9.17) is 0 Å². The van der Waals surface area contributed by atoms with E-state index in [0.717, 1.165) is 0 Å². The third-order valence-electron chi connectivity index (χ3n) is 17.3. The Morgan fingerprint density at radius 3 is 0.786 bits per heavy atom. The van der Waals surface area contributed by atoms with Crippen molar-refractivity contribution in [3.8, 4) is 22.3 Å². The van der Waals surface area contributed by atoms with Crippen LogP contribution in [0, 0.1) is 83.1 Å². The first-order valence-electron chi connectivity index (χ1n) is 25.8. The van der Waals surface area contributed by atoms with Crippen molar-refractivity contribution in [3.05, 3.63) is 210 Å². The number of hydrogen-bond acceptors (Lipinski definition) is 0. The highest BCUT2D eigenvalue weighted by Gasteiger charge is 2.45. The number of aryl methyl sites for hydroxylation is 12. The van der Waals surface area contributed by atoms with Gasteiger partial charge in [-0.2, -0.15) is 0 Å². The molecule has 0 radical (unpaired) electrons. The van der Waals surface area contributed by atoms with Crippen molar-refractivity contribution in [2.45, 2.75) is 122 Å². The summed E-state index contributed by atoms with van der Waals surface area (Å²) >= 11 is 0. The molecule has 11 rings (SSSR count).